The summed E-state index contributed by atoms with van der Waals surface area (Å²) in [5, 5.41) is 7.49. The van der Waals surface area contributed by atoms with Gasteiger partial charge in [0.25, 0.3) is 0 Å². The maximum atomic E-state index is 12.9. The maximum absolute atomic E-state index is 12.9. The van der Waals surface area contributed by atoms with Crippen molar-refractivity contribution in [1.29, 1.82) is 0 Å². The molecule has 0 aliphatic carbocycles. The molecule has 1 aromatic carbocycles. The molecular formula is C23H25N5O5S. The highest BCUT2D eigenvalue weighted by Gasteiger charge is 2.21. The average Bonchev–Trinajstić information content (AvgIpc) is 3.36. The summed E-state index contributed by atoms with van der Waals surface area (Å²) in [5.41, 5.74) is 1.60. The fourth-order valence-corrected chi connectivity index (χ4v) is 4.08. The highest BCUT2D eigenvalue weighted by Crippen LogP contribution is 2.31. The Balaban J connectivity index is 1.56. The molecule has 178 valence electrons. The molecule has 1 amide bonds. The van der Waals surface area contributed by atoms with Gasteiger partial charge in [0.15, 0.2) is 15.7 Å². The minimum Gasteiger partial charge on any atom is -0.439 e. The molecule has 0 fully saturated rings. The molecule has 4 rings (SSSR count). The summed E-state index contributed by atoms with van der Waals surface area (Å²) in [5.74, 6) is 1.56. The average molecular weight is 484 g/mol. The van der Waals surface area contributed by atoms with E-state index < -0.39 is 9.84 Å². The highest BCUT2D eigenvalue weighted by molar-refractivity contribution is 7.89. The number of nitrogens with zero attached hydrogens (tertiary/aromatic N) is 4. The number of ether oxygens (including phenoxy) is 1. The maximum Gasteiger partial charge on any atom is 0.331 e. The Morgan fingerprint density at radius 1 is 1.18 bits per heavy atom. The number of hydrogen-bond acceptors (Lipinski definition) is 8. The molecule has 0 radical (unpaired) electrons. The third-order valence-corrected chi connectivity index (χ3v) is 5.94. The normalized spacial score (nSPS) is 12.1. The van der Waals surface area contributed by atoms with E-state index in [0.29, 0.717) is 28.5 Å². The van der Waals surface area contributed by atoms with Crippen LogP contribution in [-0.4, -0.2) is 40.4 Å². The van der Waals surface area contributed by atoms with Crippen molar-refractivity contribution in [3.05, 3.63) is 59.9 Å². The summed E-state index contributed by atoms with van der Waals surface area (Å²) in [6.07, 6.45) is 4.07. The first-order valence-electron chi connectivity index (χ1n) is 10.5. The molecule has 0 unspecified atom stereocenters. The van der Waals surface area contributed by atoms with Crippen LogP contribution in [0.2, 0.25) is 0 Å². The molecule has 0 aliphatic rings. The summed E-state index contributed by atoms with van der Waals surface area (Å²) >= 11 is 0. The van der Waals surface area contributed by atoms with Crippen LogP contribution in [0.4, 0.5) is 10.6 Å². The summed E-state index contributed by atoms with van der Waals surface area (Å²) in [7, 11) is -3.23. The van der Waals surface area contributed by atoms with Gasteiger partial charge in [-0.1, -0.05) is 25.9 Å². The zero-order valence-corrected chi connectivity index (χ0v) is 20.3. The second kappa shape index (κ2) is 8.56. The van der Waals surface area contributed by atoms with Crippen LogP contribution < -0.4 is 10.1 Å². The fraction of sp³-hybridized carbons (Fsp3) is 0.304. The molecule has 10 nitrogen and oxygen atoms in total. The molecule has 0 saturated carbocycles. The number of hydrogen-bond donors (Lipinski definition) is 1. The molecular weight excluding hydrogens is 458 g/mol. The summed E-state index contributed by atoms with van der Waals surface area (Å²) in [6, 6.07) is 8.13. The van der Waals surface area contributed by atoms with Crippen LogP contribution in [0.25, 0.3) is 10.9 Å². The minimum absolute atomic E-state index is 0.204. The van der Waals surface area contributed by atoms with Gasteiger partial charge in [-0.15, -0.1) is 0 Å². The minimum atomic E-state index is -3.23. The lowest BCUT2D eigenvalue weighted by molar-refractivity contribution is 0.254. The lowest BCUT2D eigenvalue weighted by Crippen LogP contribution is -2.18. The number of benzene rings is 1. The molecule has 0 saturated heterocycles. The van der Waals surface area contributed by atoms with Crippen molar-refractivity contribution in [2.75, 3.05) is 11.6 Å². The number of rotatable bonds is 5. The van der Waals surface area contributed by atoms with E-state index in [1.807, 2.05) is 33.8 Å². The van der Waals surface area contributed by atoms with Crippen molar-refractivity contribution >= 4 is 32.6 Å². The summed E-state index contributed by atoms with van der Waals surface area (Å²) < 4.78 is 35.8. The first-order chi connectivity index (χ1) is 15.9. The Morgan fingerprint density at radius 2 is 1.94 bits per heavy atom. The predicted molar refractivity (Wildman–Crippen MR) is 127 cm³/mol. The number of nitrogens with one attached hydrogen (secondary N) is 1. The topological polar surface area (TPSA) is 129 Å². The Bertz CT molecular complexity index is 1480. The number of aromatic nitrogens is 4. The monoisotopic (exact) mass is 483 g/mol. The van der Waals surface area contributed by atoms with Crippen molar-refractivity contribution in [2.24, 2.45) is 0 Å². The molecule has 0 spiro atoms. The van der Waals surface area contributed by atoms with Gasteiger partial charge < -0.3 is 9.26 Å². The second-order valence-corrected chi connectivity index (χ2v) is 11.2. The van der Waals surface area contributed by atoms with Crippen molar-refractivity contribution in [3.8, 4) is 11.6 Å². The molecule has 4 aromatic rings. The van der Waals surface area contributed by atoms with Gasteiger partial charge >= 0.3 is 6.03 Å². The van der Waals surface area contributed by atoms with Gasteiger partial charge in [-0.3, -0.25) is 9.88 Å². The smallest absolute Gasteiger partial charge is 0.331 e. The Hall–Kier alpha value is -3.73. The van der Waals surface area contributed by atoms with Crippen LogP contribution in [-0.2, 0) is 21.0 Å². The van der Waals surface area contributed by atoms with Gasteiger partial charge in [-0.25, -0.2) is 23.2 Å². The van der Waals surface area contributed by atoms with Gasteiger partial charge in [0, 0.05) is 41.0 Å². The third kappa shape index (κ3) is 5.09. The van der Waals surface area contributed by atoms with Crippen LogP contribution in [0, 0.1) is 6.92 Å². The van der Waals surface area contributed by atoms with E-state index in [2.05, 4.69) is 20.4 Å². The molecule has 11 heteroatoms. The highest BCUT2D eigenvalue weighted by atomic mass is 32.2. The molecule has 34 heavy (non-hydrogen) atoms. The lowest BCUT2D eigenvalue weighted by Gasteiger charge is -2.12. The number of carbonyl (C=O) groups excluding carboxylic acids is 1. The van der Waals surface area contributed by atoms with E-state index in [1.54, 1.807) is 24.4 Å². The summed E-state index contributed by atoms with van der Waals surface area (Å²) in [6.45, 7) is 7.85. The van der Waals surface area contributed by atoms with E-state index in [0.717, 1.165) is 17.2 Å². The molecule has 0 atom stereocenters. The molecule has 0 bridgehead atoms. The number of amides is 1. The number of anilines is 1. The lowest BCUT2D eigenvalue weighted by atomic mass is 9.93. The fourth-order valence-electron chi connectivity index (χ4n) is 3.38. The van der Waals surface area contributed by atoms with Crippen LogP contribution in [0.15, 0.2) is 47.4 Å². The van der Waals surface area contributed by atoms with Gasteiger partial charge in [-0.05, 0) is 25.1 Å². The number of carbonyl (C=O) groups is 1. The number of fused-ring (bicyclic) bond motifs is 1. The van der Waals surface area contributed by atoms with Crippen LogP contribution in [0.5, 0.6) is 11.6 Å². The first kappa shape index (κ1) is 23.4. The molecule has 1 N–H and O–H groups in total. The van der Waals surface area contributed by atoms with E-state index in [9.17, 15) is 13.2 Å². The first-order valence-corrected chi connectivity index (χ1v) is 12.5. The van der Waals surface area contributed by atoms with Crippen LogP contribution in [0.3, 0.4) is 0 Å². The van der Waals surface area contributed by atoms with Gasteiger partial charge in [0.05, 0.1) is 17.0 Å². The van der Waals surface area contributed by atoms with Crippen molar-refractivity contribution in [3.63, 3.8) is 0 Å². The number of sulfone groups is 1. The van der Waals surface area contributed by atoms with E-state index >= 15 is 0 Å². The quantitative estimate of drug-likeness (QED) is 0.441. The van der Waals surface area contributed by atoms with Crippen molar-refractivity contribution in [2.45, 2.75) is 38.9 Å². The van der Waals surface area contributed by atoms with E-state index in [1.165, 1.54) is 17.0 Å². The Labute approximate surface area is 196 Å². The zero-order chi connectivity index (χ0) is 24.7. The van der Waals surface area contributed by atoms with Crippen molar-refractivity contribution < 1.29 is 22.5 Å². The van der Waals surface area contributed by atoms with Gasteiger partial charge in [0.1, 0.15) is 17.8 Å². The Kier molecular flexibility index (Phi) is 5.90. The summed E-state index contributed by atoms with van der Waals surface area (Å²) in [4.78, 5) is 20.9. The van der Waals surface area contributed by atoms with E-state index in [-0.39, 0.29) is 23.1 Å². The van der Waals surface area contributed by atoms with Gasteiger partial charge in [-0.2, -0.15) is 0 Å². The van der Waals surface area contributed by atoms with E-state index in [4.69, 9.17) is 9.26 Å². The van der Waals surface area contributed by atoms with Gasteiger partial charge in [0.2, 0.25) is 5.88 Å². The van der Waals surface area contributed by atoms with Crippen molar-refractivity contribution in [1.82, 2.24) is 19.7 Å². The predicted octanol–water partition coefficient (Wildman–Crippen LogP) is 4.44. The second-order valence-electron chi connectivity index (χ2n) is 9.08. The standard InChI is InChI=1S/C23H25N5O5S/c1-14-16-8-9-28(22(29)26-20-11-19(33-27-20)23(2,3)4)17(16)6-7-18(14)32-21-10-15(24-13-25-21)12-34(5,30)31/h6-11,13H,12H2,1-5H3,(H,26,27,29). The largest absolute Gasteiger partial charge is 0.439 e. The van der Waals surface area contributed by atoms with Crippen LogP contribution >= 0.6 is 0 Å². The Morgan fingerprint density at radius 3 is 2.62 bits per heavy atom. The van der Waals surface area contributed by atoms with Crippen LogP contribution in [0.1, 0.15) is 37.8 Å². The SMILES string of the molecule is Cc1c(Oc2cc(CS(C)(=O)=O)ncn2)ccc2c1ccn2C(=O)Nc1cc(C(C)(C)C)on1. The third-order valence-electron chi connectivity index (χ3n) is 5.12. The molecule has 3 aromatic heterocycles. The number of aryl methyl sites for hydroxylation is 1. The zero-order valence-electron chi connectivity index (χ0n) is 19.5. The molecule has 3 heterocycles. The molecule has 0 aliphatic heterocycles.